The second-order valence-electron chi connectivity index (χ2n) is 4.77. The molecule has 1 fully saturated rings. The van der Waals surface area contributed by atoms with Crippen LogP contribution in [0.5, 0.6) is 0 Å². The Bertz CT molecular complexity index is 434. The van der Waals surface area contributed by atoms with Crippen molar-refractivity contribution in [3.05, 3.63) is 28.5 Å². The molecule has 0 spiro atoms. The van der Waals surface area contributed by atoms with E-state index < -0.39 is 5.97 Å². The molecule has 19 heavy (non-hydrogen) atoms. The molecule has 0 aromatic carbocycles. The summed E-state index contributed by atoms with van der Waals surface area (Å²) in [6.07, 6.45) is 3.91. The van der Waals surface area contributed by atoms with Gasteiger partial charge in [-0.1, -0.05) is 0 Å². The van der Waals surface area contributed by atoms with Gasteiger partial charge >= 0.3 is 5.97 Å². The lowest BCUT2D eigenvalue weighted by atomic mass is 10.2. The molecule has 1 aromatic heterocycles. The summed E-state index contributed by atoms with van der Waals surface area (Å²) < 4.78 is 1.00. The van der Waals surface area contributed by atoms with Crippen molar-refractivity contribution in [1.29, 1.82) is 0 Å². The molecule has 0 atom stereocenters. The van der Waals surface area contributed by atoms with Crippen molar-refractivity contribution in [2.24, 2.45) is 0 Å². The number of rotatable bonds is 5. The normalized spacial score (nSPS) is 17.5. The molecule has 0 saturated carbocycles. The fourth-order valence-electron chi connectivity index (χ4n) is 2.23. The van der Waals surface area contributed by atoms with E-state index in [1.807, 2.05) is 6.20 Å². The van der Waals surface area contributed by atoms with Gasteiger partial charge in [-0.05, 0) is 27.6 Å². The van der Waals surface area contributed by atoms with Gasteiger partial charge < -0.3 is 10.0 Å². The van der Waals surface area contributed by atoms with Crippen molar-refractivity contribution in [3.63, 3.8) is 0 Å². The molecule has 1 N–H and O–H groups in total. The molecule has 2 rings (SSSR count). The zero-order valence-corrected chi connectivity index (χ0v) is 12.3. The van der Waals surface area contributed by atoms with Gasteiger partial charge in [-0.15, -0.1) is 0 Å². The molecule has 1 aromatic rings. The molecule has 2 heterocycles. The predicted molar refractivity (Wildman–Crippen MR) is 75.9 cm³/mol. The number of carbonyl (C=O) groups is 1. The molecule has 6 heteroatoms. The summed E-state index contributed by atoms with van der Waals surface area (Å²) in [6.45, 7) is 5.39. The molecule has 0 amide bonds. The summed E-state index contributed by atoms with van der Waals surface area (Å²) in [6, 6.07) is 2.09. The van der Waals surface area contributed by atoms with Gasteiger partial charge in [0.15, 0.2) is 0 Å². The monoisotopic (exact) mass is 327 g/mol. The zero-order valence-electron chi connectivity index (χ0n) is 10.8. The van der Waals surface area contributed by atoms with Crippen molar-refractivity contribution in [2.45, 2.75) is 13.0 Å². The van der Waals surface area contributed by atoms with E-state index in [1.165, 1.54) is 5.56 Å². The minimum Gasteiger partial charge on any atom is -0.481 e. The Morgan fingerprint density at radius 2 is 1.95 bits per heavy atom. The van der Waals surface area contributed by atoms with Crippen LogP contribution in [0.1, 0.15) is 12.0 Å². The Morgan fingerprint density at radius 1 is 1.26 bits per heavy atom. The first-order valence-corrected chi connectivity index (χ1v) is 7.19. The second-order valence-corrected chi connectivity index (χ2v) is 5.69. The maximum absolute atomic E-state index is 10.5. The fourth-order valence-corrected chi connectivity index (χ4v) is 2.64. The van der Waals surface area contributed by atoms with E-state index in [-0.39, 0.29) is 6.42 Å². The third kappa shape index (κ3) is 4.89. The third-order valence-electron chi connectivity index (χ3n) is 3.27. The van der Waals surface area contributed by atoms with E-state index in [4.69, 9.17) is 5.11 Å². The highest BCUT2D eigenvalue weighted by Gasteiger charge is 2.17. The van der Waals surface area contributed by atoms with Crippen molar-refractivity contribution >= 4 is 21.9 Å². The highest BCUT2D eigenvalue weighted by atomic mass is 79.9. The zero-order chi connectivity index (χ0) is 13.7. The fraction of sp³-hybridized carbons (Fsp3) is 0.538. The van der Waals surface area contributed by atoms with Gasteiger partial charge in [0.05, 0.1) is 6.42 Å². The summed E-state index contributed by atoms with van der Waals surface area (Å²) in [7, 11) is 0. The Hall–Kier alpha value is -0.980. The number of halogens is 1. The topological polar surface area (TPSA) is 56.7 Å². The van der Waals surface area contributed by atoms with Crippen LogP contribution in [0.2, 0.25) is 0 Å². The minimum atomic E-state index is -0.720. The maximum Gasteiger partial charge on any atom is 0.304 e. The highest BCUT2D eigenvalue weighted by Crippen LogP contribution is 2.13. The molecular formula is C13H18BrN3O2. The molecule has 1 saturated heterocycles. The largest absolute Gasteiger partial charge is 0.481 e. The van der Waals surface area contributed by atoms with Crippen LogP contribution in [0.4, 0.5) is 0 Å². The summed E-state index contributed by atoms with van der Waals surface area (Å²) in [5.74, 6) is -0.720. The summed E-state index contributed by atoms with van der Waals surface area (Å²) in [5, 5.41) is 8.67. The Balaban J connectivity index is 1.75. The summed E-state index contributed by atoms with van der Waals surface area (Å²) in [4.78, 5) is 19.3. The predicted octanol–water partition coefficient (Wildman–Crippen LogP) is 1.44. The number of hydrogen-bond donors (Lipinski definition) is 1. The molecule has 0 bridgehead atoms. The standard InChI is InChI=1S/C13H18BrN3O2/c14-12-7-11(8-15-9-12)10-17-5-3-16(4-6-17)2-1-13(18)19/h7-9H,1-6,10H2,(H,18,19). The number of pyridine rings is 1. The Morgan fingerprint density at radius 3 is 2.58 bits per heavy atom. The van der Waals surface area contributed by atoms with E-state index in [1.54, 1.807) is 6.20 Å². The van der Waals surface area contributed by atoms with Gasteiger partial charge in [-0.25, -0.2) is 0 Å². The van der Waals surface area contributed by atoms with E-state index in [2.05, 4.69) is 36.8 Å². The van der Waals surface area contributed by atoms with E-state index in [0.717, 1.165) is 37.2 Å². The molecule has 0 aliphatic carbocycles. The number of aliphatic carboxylic acids is 1. The Kier molecular flexibility index (Phi) is 5.30. The van der Waals surface area contributed by atoms with Gasteiger partial charge in [0.1, 0.15) is 0 Å². The van der Waals surface area contributed by atoms with Crippen LogP contribution in [-0.2, 0) is 11.3 Å². The van der Waals surface area contributed by atoms with Crippen LogP contribution in [0.15, 0.2) is 22.9 Å². The van der Waals surface area contributed by atoms with Crippen LogP contribution in [0, 0.1) is 0 Å². The average Bonchev–Trinajstić information content (AvgIpc) is 2.38. The van der Waals surface area contributed by atoms with Gasteiger partial charge in [0.2, 0.25) is 0 Å². The first kappa shape index (κ1) is 14.4. The molecular weight excluding hydrogens is 310 g/mol. The lowest BCUT2D eigenvalue weighted by molar-refractivity contribution is -0.137. The van der Waals surface area contributed by atoms with Crippen LogP contribution in [-0.4, -0.2) is 58.6 Å². The van der Waals surface area contributed by atoms with Crippen molar-refractivity contribution < 1.29 is 9.90 Å². The van der Waals surface area contributed by atoms with Crippen LogP contribution < -0.4 is 0 Å². The van der Waals surface area contributed by atoms with Gasteiger partial charge in [-0.3, -0.25) is 14.7 Å². The average molecular weight is 328 g/mol. The molecule has 1 aliphatic heterocycles. The lowest BCUT2D eigenvalue weighted by Crippen LogP contribution is -2.46. The van der Waals surface area contributed by atoms with Crippen LogP contribution >= 0.6 is 15.9 Å². The smallest absolute Gasteiger partial charge is 0.304 e. The van der Waals surface area contributed by atoms with Gasteiger partial charge in [-0.2, -0.15) is 0 Å². The number of hydrogen-bond acceptors (Lipinski definition) is 4. The van der Waals surface area contributed by atoms with Crippen LogP contribution in [0.3, 0.4) is 0 Å². The molecule has 0 radical (unpaired) electrons. The lowest BCUT2D eigenvalue weighted by Gasteiger charge is -2.34. The first-order valence-electron chi connectivity index (χ1n) is 6.39. The first-order chi connectivity index (χ1) is 9.13. The van der Waals surface area contributed by atoms with Crippen molar-refractivity contribution in [3.8, 4) is 0 Å². The Labute approximate surface area is 121 Å². The minimum absolute atomic E-state index is 0.232. The van der Waals surface area contributed by atoms with E-state index in [9.17, 15) is 4.79 Å². The summed E-state index contributed by atoms with van der Waals surface area (Å²) >= 11 is 3.43. The van der Waals surface area contributed by atoms with Crippen molar-refractivity contribution in [1.82, 2.24) is 14.8 Å². The number of nitrogens with zero attached hydrogens (tertiary/aromatic N) is 3. The molecule has 1 aliphatic rings. The van der Waals surface area contributed by atoms with Gasteiger partial charge in [0.25, 0.3) is 0 Å². The second kappa shape index (κ2) is 6.98. The maximum atomic E-state index is 10.5. The number of piperazine rings is 1. The highest BCUT2D eigenvalue weighted by molar-refractivity contribution is 9.10. The van der Waals surface area contributed by atoms with E-state index in [0.29, 0.717) is 6.54 Å². The third-order valence-corrected chi connectivity index (χ3v) is 3.71. The van der Waals surface area contributed by atoms with Crippen LogP contribution in [0.25, 0.3) is 0 Å². The van der Waals surface area contributed by atoms with Crippen molar-refractivity contribution in [2.75, 3.05) is 32.7 Å². The summed E-state index contributed by atoms with van der Waals surface area (Å²) in [5.41, 5.74) is 1.20. The number of carboxylic acid groups (broad SMARTS) is 1. The SMILES string of the molecule is O=C(O)CCN1CCN(Cc2cncc(Br)c2)CC1. The quantitative estimate of drug-likeness (QED) is 0.886. The van der Waals surface area contributed by atoms with E-state index >= 15 is 0 Å². The molecule has 104 valence electrons. The number of carboxylic acids is 1. The van der Waals surface area contributed by atoms with Gasteiger partial charge in [0, 0.05) is 56.1 Å². The molecule has 5 nitrogen and oxygen atoms in total. The number of aromatic nitrogens is 1. The molecule has 0 unspecified atom stereocenters.